The van der Waals surface area contributed by atoms with E-state index in [0.29, 0.717) is 16.9 Å². The maximum absolute atomic E-state index is 12.6. The Morgan fingerprint density at radius 3 is 2.75 bits per heavy atom. The van der Waals surface area contributed by atoms with Crippen LogP contribution >= 0.6 is 22.9 Å². The molecule has 0 bridgehead atoms. The normalized spacial score (nSPS) is 19.6. The Hall–Kier alpha value is -2.13. The lowest BCUT2D eigenvalue weighted by molar-refractivity contribution is 0.0492. The summed E-state index contributed by atoms with van der Waals surface area (Å²) in [7, 11) is -3.75. The van der Waals surface area contributed by atoms with Crippen LogP contribution in [0, 0.1) is 0 Å². The lowest BCUT2D eigenvalue weighted by Crippen LogP contribution is -2.45. The van der Waals surface area contributed by atoms with Gasteiger partial charge in [-0.1, -0.05) is 48.9 Å². The molecule has 1 aliphatic rings. The van der Waals surface area contributed by atoms with Gasteiger partial charge in [0, 0.05) is 30.7 Å². The van der Waals surface area contributed by atoms with E-state index in [4.69, 9.17) is 16.3 Å². The highest BCUT2D eigenvalue weighted by Crippen LogP contribution is 2.32. The fourth-order valence-corrected chi connectivity index (χ4v) is 6.10. The number of nitrogens with one attached hydrogen (secondary N) is 1. The van der Waals surface area contributed by atoms with Gasteiger partial charge >= 0.3 is 0 Å². The number of thiazole rings is 1. The Kier molecular flexibility index (Phi) is 7.35. The first-order chi connectivity index (χ1) is 15.4. The summed E-state index contributed by atoms with van der Waals surface area (Å²) < 4.78 is 33.8. The molecule has 0 unspecified atom stereocenters. The number of ether oxygens (including phenoxy) is 1. The van der Waals surface area contributed by atoms with E-state index < -0.39 is 10.0 Å². The first-order valence-electron chi connectivity index (χ1n) is 10.6. The second-order valence-corrected chi connectivity index (χ2v) is 10.8. The van der Waals surface area contributed by atoms with Crippen molar-refractivity contribution >= 4 is 38.1 Å². The van der Waals surface area contributed by atoms with Crippen LogP contribution in [0.3, 0.4) is 0 Å². The van der Waals surface area contributed by atoms with Gasteiger partial charge in [-0.3, -0.25) is 9.62 Å². The largest absolute Gasteiger partial charge is 0.489 e. The molecule has 1 fully saturated rings. The highest BCUT2D eigenvalue weighted by molar-refractivity contribution is 7.93. The first-order valence-corrected chi connectivity index (χ1v) is 13.3. The molecule has 1 saturated heterocycles. The first kappa shape index (κ1) is 23.0. The molecule has 170 valence electrons. The molecule has 6 nitrogen and oxygen atoms in total. The summed E-state index contributed by atoms with van der Waals surface area (Å²) >= 11 is 7.62. The number of sulfonamides is 1. The monoisotopic (exact) mass is 491 g/mol. The van der Waals surface area contributed by atoms with E-state index in [1.54, 1.807) is 17.6 Å². The third-order valence-corrected chi connectivity index (χ3v) is 8.10. The zero-order chi connectivity index (χ0) is 22.6. The van der Waals surface area contributed by atoms with E-state index in [2.05, 4.69) is 45.8 Å². The third-order valence-electron chi connectivity index (χ3n) is 5.65. The second-order valence-electron chi connectivity index (χ2n) is 7.82. The van der Waals surface area contributed by atoms with Crippen molar-refractivity contribution < 1.29 is 13.2 Å². The molecule has 32 heavy (non-hydrogen) atoms. The summed E-state index contributed by atoms with van der Waals surface area (Å²) in [6.07, 6.45) is 4.43. The molecule has 2 aromatic carbocycles. The van der Waals surface area contributed by atoms with E-state index in [1.165, 1.54) is 29.0 Å². The highest BCUT2D eigenvalue weighted by Gasteiger charge is 2.29. The lowest BCUT2D eigenvalue weighted by Gasteiger charge is -2.39. The standard InChI is InChI=1S/C23H26ClN3O3S2/c1-2-18-14-19(10-12-27(18)16-17-6-4-3-5-7-17)30-22-9-8-20(15-21(22)24)32(28,29)26-23-25-11-13-31-23/h3-9,11,13,15,18-19H,2,10,12,14,16H2,1H3,(H,25,26)/t18-,19+/m0/s1. The van der Waals surface area contributed by atoms with Gasteiger partial charge in [-0.2, -0.15) is 0 Å². The Bertz CT molecular complexity index is 1120. The quantitative estimate of drug-likeness (QED) is 0.455. The minimum absolute atomic E-state index is 0.0420. The Balaban J connectivity index is 1.40. The molecule has 1 N–H and O–H groups in total. The summed E-state index contributed by atoms with van der Waals surface area (Å²) in [6, 6.07) is 15.5. The lowest BCUT2D eigenvalue weighted by atomic mass is 9.96. The van der Waals surface area contributed by atoms with Gasteiger partial charge in [0.2, 0.25) is 0 Å². The van der Waals surface area contributed by atoms with Gasteiger partial charge in [-0.15, -0.1) is 11.3 Å². The topological polar surface area (TPSA) is 71.5 Å². The summed E-state index contributed by atoms with van der Waals surface area (Å²) in [5, 5.41) is 2.30. The van der Waals surface area contributed by atoms with Gasteiger partial charge in [0.25, 0.3) is 10.0 Å². The molecule has 1 aromatic heterocycles. The van der Waals surface area contributed by atoms with Crippen molar-refractivity contribution in [2.24, 2.45) is 0 Å². The van der Waals surface area contributed by atoms with Crippen LogP contribution in [0.15, 0.2) is 65.0 Å². The van der Waals surface area contributed by atoms with Crippen molar-refractivity contribution in [2.45, 2.75) is 49.8 Å². The van der Waals surface area contributed by atoms with Gasteiger partial charge in [-0.25, -0.2) is 13.4 Å². The number of likely N-dealkylation sites (tertiary alicyclic amines) is 1. The van der Waals surface area contributed by atoms with Crippen LogP contribution in [0.1, 0.15) is 31.7 Å². The molecule has 1 aliphatic heterocycles. The molecular formula is C23H26ClN3O3S2. The number of nitrogens with zero attached hydrogens (tertiary/aromatic N) is 2. The van der Waals surface area contributed by atoms with Crippen LogP contribution in [-0.4, -0.2) is 37.0 Å². The molecule has 3 aromatic rings. The molecule has 4 rings (SSSR count). The van der Waals surface area contributed by atoms with E-state index in [9.17, 15) is 8.42 Å². The number of aromatic nitrogens is 1. The van der Waals surface area contributed by atoms with E-state index in [0.717, 1.165) is 32.4 Å². The number of hydrogen-bond donors (Lipinski definition) is 1. The molecule has 0 amide bonds. The predicted octanol–water partition coefficient (Wildman–Crippen LogP) is 5.42. The van der Waals surface area contributed by atoms with E-state index >= 15 is 0 Å². The number of rotatable bonds is 8. The van der Waals surface area contributed by atoms with Gasteiger partial charge < -0.3 is 4.74 Å². The number of hydrogen-bond acceptors (Lipinski definition) is 6. The Morgan fingerprint density at radius 1 is 1.25 bits per heavy atom. The summed E-state index contributed by atoms with van der Waals surface area (Å²) in [5.41, 5.74) is 1.32. The van der Waals surface area contributed by atoms with Gasteiger partial charge in [0.1, 0.15) is 11.9 Å². The van der Waals surface area contributed by atoms with Crippen LogP contribution < -0.4 is 9.46 Å². The third kappa shape index (κ3) is 5.61. The highest BCUT2D eigenvalue weighted by atomic mass is 35.5. The summed E-state index contributed by atoms with van der Waals surface area (Å²) in [4.78, 5) is 6.55. The summed E-state index contributed by atoms with van der Waals surface area (Å²) in [5.74, 6) is 0.510. The van der Waals surface area contributed by atoms with Crippen molar-refractivity contribution in [3.63, 3.8) is 0 Å². The van der Waals surface area contributed by atoms with Crippen LogP contribution in [-0.2, 0) is 16.6 Å². The fourth-order valence-electron chi connectivity index (χ4n) is 3.99. The molecule has 0 radical (unpaired) electrons. The predicted molar refractivity (Wildman–Crippen MR) is 129 cm³/mol. The van der Waals surface area contributed by atoms with Crippen molar-refractivity contribution in [1.29, 1.82) is 0 Å². The molecule has 0 saturated carbocycles. The van der Waals surface area contributed by atoms with Gasteiger partial charge in [0.15, 0.2) is 5.13 Å². The number of halogens is 1. The van der Waals surface area contributed by atoms with Gasteiger partial charge in [0.05, 0.1) is 9.92 Å². The maximum Gasteiger partial charge on any atom is 0.263 e. The molecule has 9 heteroatoms. The van der Waals surface area contributed by atoms with Crippen LogP contribution in [0.2, 0.25) is 5.02 Å². The zero-order valence-electron chi connectivity index (χ0n) is 17.8. The molecule has 2 atom stereocenters. The molecular weight excluding hydrogens is 466 g/mol. The summed E-state index contributed by atoms with van der Waals surface area (Å²) in [6.45, 7) is 4.08. The molecule has 0 aliphatic carbocycles. The Morgan fingerprint density at radius 2 is 2.06 bits per heavy atom. The van der Waals surface area contributed by atoms with Gasteiger partial charge in [-0.05, 0) is 43.0 Å². The molecule has 0 spiro atoms. The second kappa shape index (κ2) is 10.2. The van der Waals surface area contributed by atoms with Crippen molar-refractivity contribution in [3.05, 3.63) is 70.7 Å². The maximum atomic E-state index is 12.6. The minimum atomic E-state index is -3.75. The SMILES string of the molecule is CC[C@H]1C[C@H](Oc2ccc(S(=O)(=O)Nc3nccs3)cc2Cl)CCN1Cc1ccccc1. The van der Waals surface area contributed by atoms with Crippen LogP contribution in [0.5, 0.6) is 5.75 Å². The van der Waals surface area contributed by atoms with E-state index in [-0.39, 0.29) is 16.0 Å². The van der Waals surface area contributed by atoms with Crippen LogP contribution in [0.4, 0.5) is 5.13 Å². The number of piperidine rings is 1. The van der Waals surface area contributed by atoms with Crippen LogP contribution in [0.25, 0.3) is 0 Å². The van der Waals surface area contributed by atoms with Crippen molar-refractivity contribution in [1.82, 2.24) is 9.88 Å². The zero-order valence-corrected chi connectivity index (χ0v) is 20.2. The van der Waals surface area contributed by atoms with E-state index in [1.807, 2.05) is 6.07 Å². The number of benzene rings is 2. The fraction of sp³-hybridized carbons (Fsp3) is 0.348. The van der Waals surface area contributed by atoms with Crippen molar-refractivity contribution in [3.8, 4) is 5.75 Å². The number of anilines is 1. The van der Waals surface area contributed by atoms with Crippen molar-refractivity contribution in [2.75, 3.05) is 11.3 Å². The molecule has 2 heterocycles. The average Bonchev–Trinajstić information content (AvgIpc) is 3.29. The minimum Gasteiger partial charge on any atom is -0.489 e. The Labute approximate surface area is 198 Å². The smallest absolute Gasteiger partial charge is 0.263 e. The average molecular weight is 492 g/mol.